The number of hydrogen-bond acceptors (Lipinski definition) is 3. The van der Waals surface area contributed by atoms with E-state index in [0.717, 1.165) is 11.1 Å². The zero-order valence-corrected chi connectivity index (χ0v) is 16.0. The van der Waals surface area contributed by atoms with Crippen LogP contribution in [0.4, 0.5) is 0 Å². The first-order chi connectivity index (χ1) is 11.4. The molecule has 3 nitrogen and oxygen atoms in total. The molecule has 1 N–H and O–H groups in total. The van der Waals surface area contributed by atoms with Crippen molar-refractivity contribution in [1.29, 1.82) is 0 Å². The molecule has 0 aliphatic heterocycles. The van der Waals surface area contributed by atoms with Crippen molar-refractivity contribution in [3.8, 4) is 0 Å². The molecule has 2 aromatic carbocycles. The maximum atomic E-state index is 11.1. The van der Waals surface area contributed by atoms with Crippen molar-refractivity contribution in [3.63, 3.8) is 0 Å². The average molecular weight is 345 g/mol. The minimum atomic E-state index is -2.07. The molecule has 0 radical (unpaired) electrons. The second-order valence-corrected chi connectivity index (χ2v) is 12.0. The zero-order valence-electron chi connectivity index (χ0n) is 15.0. The van der Waals surface area contributed by atoms with Gasteiger partial charge in [0.15, 0.2) is 0 Å². The molecule has 4 heteroatoms. The highest BCUT2D eigenvalue weighted by Gasteiger charge is 2.43. The SMILES string of the molecule is CO[C@H](COC[Si](C)(C)[C@@](C)(O)c1ccccc1)c1ccccc1. The van der Waals surface area contributed by atoms with Crippen molar-refractivity contribution >= 4 is 8.07 Å². The van der Waals surface area contributed by atoms with E-state index >= 15 is 0 Å². The van der Waals surface area contributed by atoms with E-state index in [1.54, 1.807) is 7.11 Å². The molecule has 0 aliphatic rings. The van der Waals surface area contributed by atoms with E-state index in [9.17, 15) is 5.11 Å². The first kappa shape index (κ1) is 18.9. The number of aliphatic hydroxyl groups is 1. The van der Waals surface area contributed by atoms with E-state index < -0.39 is 13.3 Å². The van der Waals surface area contributed by atoms with E-state index in [1.807, 2.05) is 67.6 Å². The molecule has 2 rings (SSSR count). The van der Waals surface area contributed by atoms with Gasteiger partial charge in [-0.05, 0) is 18.1 Å². The normalized spacial score (nSPS) is 15.7. The van der Waals surface area contributed by atoms with Gasteiger partial charge in [-0.25, -0.2) is 0 Å². The van der Waals surface area contributed by atoms with Gasteiger partial charge in [-0.1, -0.05) is 73.8 Å². The molecule has 0 amide bonds. The van der Waals surface area contributed by atoms with E-state index in [2.05, 4.69) is 13.1 Å². The van der Waals surface area contributed by atoms with Crippen LogP contribution in [0.2, 0.25) is 13.1 Å². The largest absolute Gasteiger partial charge is 0.389 e. The van der Waals surface area contributed by atoms with Crippen LogP contribution in [0.25, 0.3) is 0 Å². The molecule has 0 bridgehead atoms. The van der Waals surface area contributed by atoms with E-state index in [0.29, 0.717) is 12.8 Å². The number of benzene rings is 2. The summed E-state index contributed by atoms with van der Waals surface area (Å²) in [5.41, 5.74) is 2.06. The molecule has 24 heavy (non-hydrogen) atoms. The van der Waals surface area contributed by atoms with Crippen LogP contribution >= 0.6 is 0 Å². The van der Waals surface area contributed by atoms with Crippen LogP contribution in [0.3, 0.4) is 0 Å². The third-order valence-electron chi connectivity index (χ3n) is 4.84. The molecule has 0 aliphatic carbocycles. The summed E-state index contributed by atoms with van der Waals surface area (Å²) in [6.45, 7) is 6.71. The molecule has 2 aromatic rings. The fourth-order valence-corrected chi connectivity index (χ4v) is 4.54. The fourth-order valence-electron chi connectivity index (χ4n) is 2.68. The van der Waals surface area contributed by atoms with E-state index in [1.165, 1.54) is 0 Å². The van der Waals surface area contributed by atoms with Gasteiger partial charge in [-0.3, -0.25) is 0 Å². The third-order valence-corrected chi connectivity index (χ3v) is 8.69. The third kappa shape index (κ3) is 4.33. The lowest BCUT2D eigenvalue weighted by molar-refractivity contribution is 0.0163. The quantitative estimate of drug-likeness (QED) is 0.733. The molecule has 130 valence electrons. The lowest BCUT2D eigenvalue weighted by Crippen LogP contribution is -2.53. The lowest BCUT2D eigenvalue weighted by atomic mass is 10.1. The van der Waals surface area contributed by atoms with Crippen molar-refractivity contribution < 1.29 is 14.6 Å². The molecule has 2 atom stereocenters. The van der Waals surface area contributed by atoms with E-state index in [4.69, 9.17) is 9.47 Å². The molecule has 0 fully saturated rings. The Morgan fingerprint density at radius 1 is 1.00 bits per heavy atom. The van der Waals surface area contributed by atoms with Crippen molar-refractivity contribution in [2.45, 2.75) is 31.3 Å². The minimum Gasteiger partial charge on any atom is -0.389 e. The zero-order chi connectivity index (χ0) is 17.6. The van der Waals surface area contributed by atoms with Crippen molar-refractivity contribution in [2.75, 3.05) is 19.9 Å². The van der Waals surface area contributed by atoms with Crippen LogP contribution in [0.5, 0.6) is 0 Å². The number of methoxy groups -OCH3 is 1. The smallest absolute Gasteiger partial charge is 0.119 e. The van der Waals surface area contributed by atoms with Gasteiger partial charge < -0.3 is 14.6 Å². The van der Waals surface area contributed by atoms with Crippen LogP contribution in [-0.4, -0.2) is 33.1 Å². The van der Waals surface area contributed by atoms with Gasteiger partial charge in [0.25, 0.3) is 0 Å². The van der Waals surface area contributed by atoms with Crippen LogP contribution in [0.15, 0.2) is 60.7 Å². The van der Waals surface area contributed by atoms with Gasteiger partial charge in [0.05, 0.1) is 11.8 Å². The standard InChI is InChI=1S/C20H28O3Si/c1-20(21,18-13-9-6-10-14-18)24(3,4)16-23-15-19(22-2)17-11-7-5-8-12-17/h5-14,19,21H,15-16H2,1-4H3/t19-,20-/m1/s1. The summed E-state index contributed by atoms with van der Waals surface area (Å²) in [4.78, 5) is 0. The Morgan fingerprint density at radius 2 is 1.54 bits per heavy atom. The van der Waals surface area contributed by atoms with Gasteiger partial charge in [-0.2, -0.15) is 0 Å². The van der Waals surface area contributed by atoms with Crippen molar-refractivity contribution in [2.24, 2.45) is 0 Å². The van der Waals surface area contributed by atoms with Crippen molar-refractivity contribution in [1.82, 2.24) is 0 Å². The van der Waals surface area contributed by atoms with Gasteiger partial charge >= 0.3 is 0 Å². The molecular weight excluding hydrogens is 316 g/mol. The first-order valence-electron chi connectivity index (χ1n) is 8.32. The second kappa shape index (κ2) is 8.08. The first-order valence-corrected chi connectivity index (χ1v) is 11.5. The Hall–Kier alpha value is -1.46. The fraction of sp³-hybridized carbons (Fsp3) is 0.400. The summed E-state index contributed by atoms with van der Waals surface area (Å²) >= 11 is 0. The number of ether oxygens (including phenoxy) is 2. The van der Waals surface area contributed by atoms with Crippen LogP contribution in [0.1, 0.15) is 24.2 Å². The highest BCUT2D eigenvalue weighted by molar-refractivity contribution is 6.79. The van der Waals surface area contributed by atoms with Gasteiger partial charge in [-0.15, -0.1) is 0 Å². The Kier molecular flexibility index (Phi) is 6.35. The molecule has 0 heterocycles. The Labute approximate surface area is 146 Å². The van der Waals surface area contributed by atoms with Crippen molar-refractivity contribution in [3.05, 3.63) is 71.8 Å². The number of hydrogen-bond donors (Lipinski definition) is 1. The highest BCUT2D eigenvalue weighted by Crippen LogP contribution is 2.31. The van der Waals surface area contributed by atoms with E-state index in [-0.39, 0.29) is 6.10 Å². The number of rotatable bonds is 8. The Morgan fingerprint density at radius 3 is 2.08 bits per heavy atom. The highest BCUT2D eigenvalue weighted by atomic mass is 28.3. The molecular formula is C20H28O3Si. The Bertz CT molecular complexity index is 611. The second-order valence-electron chi connectivity index (χ2n) is 6.97. The topological polar surface area (TPSA) is 38.7 Å². The minimum absolute atomic E-state index is 0.0855. The maximum absolute atomic E-state index is 11.1. The molecule has 0 saturated carbocycles. The molecule has 0 spiro atoms. The summed E-state index contributed by atoms with van der Waals surface area (Å²) < 4.78 is 11.5. The van der Waals surface area contributed by atoms with Crippen LogP contribution in [-0.2, 0) is 14.7 Å². The lowest BCUT2D eigenvalue weighted by Gasteiger charge is -2.38. The predicted octanol–water partition coefficient (Wildman–Crippen LogP) is 4.09. The average Bonchev–Trinajstić information content (AvgIpc) is 2.60. The summed E-state index contributed by atoms with van der Waals surface area (Å²) in [6.07, 6.45) is 0.486. The Balaban J connectivity index is 1.99. The molecule has 0 saturated heterocycles. The molecule has 0 unspecified atom stereocenters. The van der Waals surface area contributed by atoms with Crippen LogP contribution < -0.4 is 0 Å². The van der Waals surface area contributed by atoms with Gasteiger partial charge in [0.1, 0.15) is 14.2 Å². The summed E-state index contributed by atoms with van der Waals surface area (Å²) in [5.74, 6) is 0. The predicted molar refractivity (Wildman–Crippen MR) is 101 cm³/mol. The summed E-state index contributed by atoms with van der Waals surface area (Å²) in [5, 5.41) is 10.3. The molecule has 0 aromatic heterocycles. The van der Waals surface area contributed by atoms with Gasteiger partial charge in [0, 0.05) is 13.3 Å². The monoisotopic (exact) mass is 344 g/mol. The van der Waals surface area contributed by atoms with Gasteiger partial charge in [0.2, 0.25) is 0 Å². The summed E-state index contributed by atoms with van der Waals surface area (Å²) in [7, 11) is -0.376. The maximum Gasteiger partial charge on any atom is 0.119 e. The van der Waals surface area contributed by atoms with Crippen LogP contribution in [0, 0.1) is 0 Å². The summed E-state index contributed by atoms with van der Waals surface area (Å²) in [6, 6.07) is 19.9.